The summed E-state index contributed by atoms with van der Waals surface area (Å²) in [7, 11) is 0. The summed E-state index contributed by atoms with van der Waals surface area (Å²) in [5, 5.41) is 14.4. The molecule has 9 nitrogen and oxygen atoms in total. The number of nitro groups is 1. The van der Waals surface area contributed by atoms with Crippen LogP contribution in [0.1, 0.15) is 18.4 Å². The summed E-state index contributed by atoms with van der Waals surface area (Å²) in [6.07, 6.45) is 1.53. The number of nitrogens with two attached hydrogens (primary N) is 1. The van der Waals surface area contributed by atoms with Gasteiger partial charge in [0.1, 0.15) is 24.1 Å². The molecule has 23 heavy (non-hydrogen) atoms. The van der Waals surface area contributed by atoms with Crippen LogP contribution in [0.15, 0.2) is 22.7 Å². The zero-order valence-corrected chi connectivity index (χ0v) is 13.0. The number of furan rings is 1. The molecule has 1 atom stereocenters. The molecule has 10 heteroatoms. The molecule has 2 rings (SSSR count). The highest BCUT2D eigenvalue weighted by molar-refractivity contribution is 6.32. The molecule has 2 heterocycles. The van der Waals surface area contributed by atoms with Crippen LogP contribution in [0.25, 0.3) is 0 Å². The number of nitrogens with zero attached hydrogens (tertiary/aromatic N) is 3. The van der Waals surface area contributed by atoms with Gasteiger partial charge in [0.2, 0.25) is 0 Å². The van der Waals surface area contributed by atoms with Gasteiger partial charge < -0.3 is 25.0 Å². The van der Waals surface area contributed by atoms with E-state index in [4.69, 9.17) is 26.5 Å². The summed E-state index contributed by atoms with van der Waals surface area (Å²) < 4.78 is 11.7. The zero-order chi connectivity index (χ0) is 17.0. The lowest BCUT2D eigenvalue weighted by molar-refractivity contribution is -0.389. The van der Waals surface area contributed by atoms with Crippen molar-refractivity contribution < 1.29 is 18.9 Å². The van der Waals surface area contributed by atoms with Crippen LogP contribution in [-0.4, -0.2) is 33.3 Å². The average molecular weight is 343 g/mol. The van der Waals surface area contributed by atoms with Crippen LogP contribution in [0.3, 0.4) is 0 Å². The molecular weight excluding hydrogens is 328 g/mol. The minimum Gasteiger partial charge on any atom is -0.465 e. The molecule has 0 bridgehead atoms. The van der Waals surface area contributed by atoms with Crippen molar-refractivity contribution in [2.75, 3.05) is 6.61 Å². The number of ether oxygens (including phenoxy) is 1. The van der Waals surface area contributed by atoms with Crippen molar-refractivity contribution in [3.05, 3.63) is 45.0 Å². The van der Waals surface area contributed by atoms with E-state index >= 15 is 0 Å². The molecule has 2 N–H and O–H groups in total. The molecule has 0 spiro atoms. The standard InChI is InChI=1S/C13H15ClN4O5/c1-2-22-13(19)11(15)5-8-3-4-9(23-8)6-17-7-10(14)12(16-17)18(20)21/h3-4,7,11H,2,5-6,15H2,1H3. The first-order valence-corrected chi connectivity index (χ1v) is 7.15. The predicted octanol–water partition coefficient (Wildman–Crippen LogP) is 1.52. The smallest absolute Gasteiger partial charge is 0.408 e. The molecule has 2 aromatic rings. The summed E-state index contributed by atoms with van der Waals surface area (Å²) in [5.74, 6) is 0.0983. The van der Waals surface area contributed by atoms with Crippen molar-refractivity contribution >= 4 is 23.4 Å². The van der Waals surface area contributed by atoms with Crippen molar-refractivity contribution in [3.63, 3.8) is 0 Å². The first-order chi connectivity index (χ1) is 10.9. The number of carbonyl (C=O) groups excluding carboxylic acids is 1. The third-order valence-corrected chi connectivity index (χ3v) is 3.18. The van der Waals surface area contributed by atoms with Gasteiger partial charge in [-0.25, -0.2) is 0 Å². The van der Waals surface area contributed by atoms with Gasteiger partial charge >= 0.3 is 11.8 Å². The number of hydrogen-bond donors (Lipinski definition) is 1. The minimum absolute atomic E-state index is 0.0499. The van der Waals surface area contributed by atoms with E-state index in [1.807, 2.05) is 0 Å². The quantitative estimate of drug-likeness (QED) is 0.459. The van der Waals surface area contributed by atoms with Crippen LogP contribution in [0.5, 0.6) is 0 Å². The van der Waals surface area contributed by atoms with Gasteiger partial charge in [-0.1, -0.05) is 11.6 Å². The Morgan fingerprint density at radius 2 is 2.26 bits per heavy atom. The third-order valence-electron chi connectivity index (χ3n) is 2.92. The Morgan fingerprint density at radius 1 is 1.57 bits per heavy atom. The molecule has 0 aliphatic heterocycles. The molecule has 0 saturated heterocycles. The molecule has 0 amide bonds. The Kier molecular flexibility index (Phi) is 5.35. The highest BCUT2D eigenvalue weighted by Gasteiger charge is 2.20. The van der Waals surface area contributed by atoms with Gasteiger partial charge in [0, 0.05) is 6.42 Å². The van der Waals surface area contributed by atoms with Crippen molar-refractivity contribution in [1.82, 2.24) is 9.78 Å². The topological polar surface area (TPSA) is 126 Å². The molecule has 0 radical (unpaired) electrons. The van der Waals surface area contributed by atoms with E-state index < -0.39 is 22.8 Å². The SMILES string of the molecule is CCOC(=O)C(N)Cc1ccc(Cn2cc(Cl)c([N+](=O)[O-])n2)o1. The van der Waals surface area contributed by atoms with Crippen LogP contribution in [0, 0.1) is 10.1 Å². The lowest BCUT2D eigenvalue weighted by Gasteiger charge is -2.08. The number of esters is 1. The van der Waals surface area contributed by atoms with Crippen molar-refractivity contribution in [2.24, 2.45) is 5.73 Å². The van der Waals surface area contributed by atoms with Crippen molar-refractivity contribution in [2.45, 2.75) is 25.9 Å². The first kappa shape index (κ1) is 17.0. The third kappa shape index (κ3) is 4.30. The number of carbonyl (C=O) groups is 1. The van der Waals surface area contributed by atoms with E-state index in [0.717, 1.165) is 0 Å². The molecule has 0 aromatic carbocycles. The molecule has 0 aliphatic rings. The van der Waals surface area contributed by atoms with Gasteiger partial charge in [0.25, 0.3) is 0 Å². The Labute approximate surface area is 136 Å². The van der Waals surface area contributed by atoms with E-state index in [-0.39, 0.29) is 24.6 Å². The number of aromatic nitrogens is 2. The highest BCUT2D eigenvalue weighted by Crippen LogP contribution is 2.22. The number of halogens is 1. The summed E-state index contributed by atoms with van der Waals surface area (Å²) in [6.45, 7) is 2.13. The fraction of sp³-hybridized carbons (Fsp3) is 0.385. The second-order valence-corrected chi connectivity index (χ2v) is 5.09. The predicted molar refractivity (Wildman–Crippen MR) is 80.0 cm³/mol. The van der Waals surface area contributed by atoms with E-state index in [9.17, 15) is 14.9 Å². The maximum atomic E-state index is 11.5. The number of rotatable bonds is 7. The Morgan fingerprint density at radius 3 is 2.87 bits per heavy atom. The molecular formula is C13H15ClN4O5. The van der Waals surface area contributed by atoms with E-state index in [1.165, 1.54) is 10.9 Å². The molecule has 1 unspecified atom stereocenters. The summed E-state index contributed by atoms with van der Waals surface area (Å²) in [5.41, 5.74) is 5.71. The fourth-order valence-corrected chi connectivity index (χ4v) is 2.14. The molecule has 124 valence electrons. The van der Waals surface area contributed by atoms with Crippen molar-refractivity contribution in [1.29, 1.82) is 0 Å². The largest absolute Gasteiger partial charge is 0.465 e. The monoisotopic (exact) mass is 342 g/mol. The summed E-state index contributed by atoms with van der Waals surface area (Å²) in [4.78, 5) is 21.5. The Hall–Kier alpha value is -2.39. The lowest BCUT2D eigenvalue weighted by Crippen LogP contribution is -2.34. The minimum atomic E-state index is -0.811. The number of hydrogen-bond acceptors (Lipinski definition) is 7. The Balaban J connectivity index is 2.01. The van der Waals surface area contributed by atoms with Crippen molar-refractivity contribution in [3.8, 4) is 0 Å². The van der Waals surface area contributed by atoms with Crippen LogP contribution < -0.4 is 5.73 Å². The van der Waals surface area contributed by atoms with Crippen LogP contribution in [-0.2, 0) is 22.5 Å². The van der Waals surface area contributed by atoms with E-state index in [0.29, 0.717) is 11.5 Å². The van der Waals surface area contributed by atoms with E-state index in [1.54, 1.807) is 19.1 Å². The van der Waals surface area contributed by atoms with Gasteiger partial charge in [-0.3, -0.25) is 4.79 Å². The highest BCUT2D eigenvalue weighted by atomic mass is 35.5. The van der Waals surface area contributed by atoms with Crippen LogP contribution in [0.4, 0.5) is 5.82 Å². The van der Waals surface area contributed by atoms with Gasteiger partial charge in [-0.15, -0.1) is 0 Å². The fourth-order valence-electron chi connectivity index (χ4n) is 1.92. The first-order valence-electron chi connectivity index (χ1n) is 6.77. The second-order valence-electron chi connectivity index (χ2n) is 4.69. The van der Waals surface area contributed by atoms with E-state index in [2.05, 4.69) is 5.10 Å². The second kappa shape index (κ2) is 7.25. The van der Waals surface area contributed by atoms with Gasteiger partial charge in [-0.05, 0) is 24.0 Å². The maximum absolute atomic E-state index is 11.5. The molecule has 2 aromatic heterocycles. The molecule has 0 fully saturated rings. The summed E-state index contributed by atoms with van der Waals surface area (Å²) >= 11 is 5.72. The summed E-state index contributed by atoms with van der Waals surface area (Å²) in [6, 6.07) is 2.54. The molecule has 0 aliphatic carbocycles. The Bertz CT molecular complexity index is 711. The maximum Gasteiger partial charge on any atom is 0.408 e. The average Bonchev–Trinajstić information content (AvgIpc) is 3.06. The lowest BCUT2D eigenvalue weighted by atomic mass is 10.2. The zero-order valence-electron chi connectivity index (χ0n) is 12.3. The molecule has 0 saturated carbocycles. The van der Waals surface area contributed by atoms with Gasteiger partial charge in [-0.2, -0.15) is 4.68 Å². The van der Waals surface area contributed by atoms with Crippen LogP contribution in [0.2, 0.25) is 5.02 Å². The normalized spacial score (nSPS) is 12.1. The van der Waals surface area contributed by atoms with Crippen LogP contribution >= 0.6 is 11.6 Å². The van der Waals surface area contributed by atoms with Gasteiger partial charge in [0.15, 0.2) is 5.02 Å². The van der Waals surface area contributed by atoms with Gasteiger partial charge in [0.05, 0.1) is 17.9 Å².